The van der Waals surface area contributed by atoms with Gasteiger partial charge in [0.1, 0.15) is 0 Å². The molecule has 0 aromatic heterocycles. The first kappa shape index (κ1) is 39.4. The van der Waals surface area contributed by atoms with E-state index in [1.165, 1.54) is 129 Å². The summed E-state index contributed by atoms with van der Waals surface area (Å²) in [7, 11) is 3.58. The molecule has 0 saturated heterocycles. The Kier molecular flexibility index (Phi) is 32.3. The Morgan fingerprint density at radius 1 is 0.500 bits per heavy atom. The maximum absolute atomic E-state index is 12.8. The first-order valence-corrected chi connectivity index (χ1v) is 17.6. The third kappa shape index (κ3) is 27.5. The number of carbonyl (C=O) groups is 1. The predicted molar refractivity (Wildman–Crippen MR) is 172 cm³/mol. The predicted octanol–water partition coefficient (Wildman–Crippen LogP) is 9.75. The normalized spacial score (nSPS) is 12.3. The van der Waals surface area contributed by atoms with Crippen LogP contribution >= 0.6 is 0 Å². The molecule has 0 radical (unpaired) electrons. The van der Waals surface area contributed by atoms with Crippen molar-refractivity contribution in [2.75, 3.05) is 53.7 Å². The van der Waals surface area contributed by atoms with Crippen LogP contribution in [0.25, 0.3) is 0 Å². The topological polar surface area (TPSA) is 48.0 Å². The van der Waals surface area contributed by atoms with Crippen LogP contribution < -0.4 is 0 Å². The second-order valence-corrected chi connectivity index (χ2v) is 12.0. The molecule has 240 valence electrons. The second kappa shape index (κ2) is 32.9. The number of nitrogens with zero attached hydrogens (tertiary/aromatic N) is 1. The molecule has 5 heteroatoms. The Labute approximate surface area is 250 Å². The molecule has 0 N–H and O–H groups in total. The molecule has 0 heterocycles. The van der Waals surface area contributed by atoms with Crippen LogP contribution in [0.1, 0.15) is 162 Å². The van der Waals surface area contributed by atoms with E-state index in [-0.39, 0.29) is 11.9 Å². The number of hydrogen-bond acceptors (Lipinski definition) is 5. The van der Waals surface area contributed by atoms with Crippen molar-refractivity contribution >= 4 is 5.97 Å². The maximum Gasteiger partial charge on any atom is 0.308 e. The fraction of sp³-hybridized carbons (Fsp3) is 0.971. The van der Waals surface area contributed by atoms with Gasteiger partial charge in [-0.05, 0) is 58.0 Å². The van der Waals surface area contributed by atoms with Gasteiger partial charge in [0.15, 0.2) is 0 Å². The monoisotopic (exact) mass is 570 g/mol. The van der Waals surface area contributed by atoms with E-state index < -0.39 is 0 Å². The number of unbranched alkanes of at least 4 members (excludes halogenated alkanes) is 16. The highest BCUT2D eigenvalue weighted by Crippen LogP contribution is 2.21. The van der Waals surface area contributed by atoms with Crippen molar-refractivity contribution < 1.29 is 19.0 Å². The summed E-state index contributed by atoms with van der Waals surface area (Å²) in [5.74, 6) is 0.202. The lowest BCUT2D eigenvalue weighted by Gasteiger charge is -2.22. The van der Waals surface area contributed by atoms with Gasteiger partial charge in [-0.2, -0.15) is 0 Å². The minimum absolute atomic E-state index is 0.0791. The van der Waals surface area contributed by atoms with Gasteiger partial charge in [0.25, 0.3) is 0 Å². The molecule has 0 saturated carbocycles. The number of ether oxygens (including phenoxy) is 3. The first-order chi connectivity index (χ1) is 19.7. The molecule has 0 aliphatic heterocycles. The average Bonchev–Trinajstić information content (AvgIpc) is 2.96. The quantitative estimate of drug-likeness (QED) is 0.0581. The lowest BCUT2D eigenvalue weighted by atomic mass is 9.94. The number of esters is 1. The summed E-state index contributed by atoms with van der Waals surface area (Å²) in [4.78, 5) is 15.5. The minimum Gasteiger partial charge on any atom is -0.465 e. The van der Waals surface area contributed by atoms with Gasteiger partial charge >= 0.3 is 5.97 Å². The van der Waals surface area contributed by atoms with Crippen LogP contribution in [0.5, 0.6) is 0 Å². The van der Waals surface area contributed by atoms with Gasteiger partial charge in [0.05, 0.1) is 12.5 Å². The van der Waals surface area contributed by atoms with E-state index in [0.29, 0.717) is 6.61 Å². The van der Waals surface area contributed by atoms with Crippen LogP contribution in [0, 0.1) is 5.92 Å². The zero-order valence-corrected chi connectivity index (χ0v) is 27.7. The molecule has 0 fully saturated rings. The highest BCUT2D eigenvalue weighted by atomic mass is 16.5. The van der Waals surface area contributed by atoms with Crippen molar-refractivity contribution in [3.05, 3.63) is 0 Å². The van der Waals surface area contributed by atoms with Crippen molar-refractivity contribution in [2.45, 2.75) is 162 Å². The molecule has 0 aliphatic rings. The zero-order chi connectivity index (χ0) is 29.4. The van der Waals surface area contributed by atoms with Crippen LogP contribution in [-0.4, -0.2) is 64.5 Å². The Bertz CT molecular complexity index is 502. The SMILES string of the molecule is CCCCCCCCC(CCCCCC)C(=O)OCCCCCCCN(CCCCCCCOC)CCCOC. The summed E-state index contributed by atoms with van der Waals surface area (Å²) in [5.41, 5.74) is 0. The van der Waals surface area contributed by atoms with E-state index in [1.54, 1.807) is 14.2 Å². The van der Waals surface area contributed by atoms with Crippen LogP contribution in [0.3, 0.4) is 0 Å². The standard InChI is InChI=1S/C35H71NO4/c1-5-7-9-11-14-20-27-34(26-19-10-8-6-2)35(37)40-33-24-18-13-16-22-29-36(30-25-32-39-4)28-21-15-12-17-23-31-38-3/h34H,5-33H2,1-4H3. The summed E-state index contributed by atoms with van der Waals surface area (Å²) in [6.45, 7) is 10.4. The Morgan fingerprint density at radius 2 is 0.900 bits per heavy atom. The molecule has 0 rings (SSSR count). The third-order valence-corrected chi connectivity index (χ3v) is 8.15. The summed E-state index contributed by atoms with van der Waals surface area (Å²) in [6, 6.07) is 0. The Hall–Kier alpha value is -0.650. The van der Waals surface area contributed by atoms with Gasteiger partial charge in [0.2, 0.25) is 0 Å². The summed E-state index contributed by atoms with van der Waals surface area (Å²) < 4.78 is 16.2. The molecule has 0 spiro atoms. The van der Waals surface area contributed by atoms with Gasteiger partial charge in [0, 0.05) is 34.0 Å². The molecule has 40 heavy (non-hydrogen) atoms. The average molecular weight is 570 g/mol. The molecule has 5 nitrogen and oxygen atoms in total. The van der Waals surface area contributed by atoms with Gasteiger partial charge in [-0.15, -0.1) is 0 Å². The van der Waals surface area contributed by atoms with Gasteiger partial charge in [-0.25, -0.2) is 0 Å². The zero-order valence-electron chi connectivity index (χ0n) is 27.7. The summed E-state index contributed by atoms with van der Waals surface area (Å²) in [5, 5.41) is 0. The van der Waals surface area contributed by atoms with Crippen LogP contribution in [0.2, 0.25) is 0 Å². The van der Waals surface area contributed by atoms with Gasteiger partial charge < -0.3 is 19.1 Å². The molecule has 1 atom stereocenters. The minimum atomic E-state index is 0.0791. The van der Waals surface area contributed by atoms with Crippen molar-refractivity contribution in [1.29, 1.82) is 0 Å². The first-order valence-electron chi connectivity index (χ1n) is 17.6. The Balaban J connectivity index is 4.07. The van der Waals surface area contributed by atoms with Crippen LogP contribution in [-0.2, 0) is 19.0 Å². The lowest BCUT2D eigenvalue weighted by molar-refractivity contribution is -0.149. The molecule has 0 aliphatic carbocycles. The lowest BCUT2D eigenvalue weighted by Crippen LogP contribution is -2.28. The molecule has 0 amide bonds. The fourth-order valence-corrected chi connectivity index (χ4v) is 5.51. The van der Waals surface area contributed by atoms with E-state index in [4.69, 9.17) is 14.2 Å². The number of hydrogen-bond donors (Lipinski definition) is 0. The number of carbonyl (C=O) groups excluding carboxylic acids is 1. The largest absolute Gasteiger partial charge is 0.465 e. The van der Waals surface area contributed by atoms with E-state index in [9.17, 15) is 4.79 Å². The fourth-order valence-electron chi connectivity index (χ4n) is 5.51. The molecular weight excluding hydrogens is 498 g/mol. The van der Waals surface area contributed by atoms with E-state index >= 15 is 0 Å². The number of methoxy groups -OCH3 is 2. The smallest absolute Gasteiger partial charge is 0.308 e. The highest BCUT2D eigenvalue weighted by Gasteiger charge is 2.19. The Morgan fingerprint density at radius 3 is 1.45 bits per heavy atom. The number of rotatable bonds is 33. The van der Waals surface area contributed by atoms with Crippen LogP contribution in [0.4, 0.5) is 0 Å². The molecule has 0 bridgehead atoms. The molecule has 1 unspecified atom stereocenters. The van der Waals surface area contributed by atoms with Crippen molar-refractivity contribution in [3.63, 3.8) is 0 Å². The summed E-state index contributed by atoms with van der Waals surface area (Å²) in [6.07, 6.45) is 28.1. The van der Waals surface area contributed by atoms with Gasteiger partial charge in [-0.3, -0.25) is 4.79 Å². The van der Waals surface area contributed by atoms with E-state index in [1.807, 2.05) is 0 Å². The maximum atomic E-state index is 12.8. The highest BCUT2D eigenvalue weighted by molar-refractivity contribution is 5.72. The van der Waals surface area contributed by atoms with E-state index in [0.717, 1.165) is 51.9 Å². The van der Waals surface area contributed by atoms with Crippen LogP contribution in [0.15, 0.2) is 0 Å². The van der Waals surface area contributed by atoms with E-state index in [2.05, 4.69) is 18.7 Å². The molecule has 0 aromatic rings. The van der Waals surface area contributed by atoms with Crippen molar-refractivity contribution in [2.24, 2.45) is 5.92 Å². The van der Waals surface area contributed by atoms with Crippen molar-refractivity contribution in [3.8, 4) is 0 Å². The molecular formula is C35H71NO4. The second-order valence-electron chi connectivity index (χ2n) is 12.0. The van der Waals surface area contributed by atoms with Crippen molar-refractivity contribution in [1.82, 2.24) is 4.90 Å². The molecule has 0 aromatic carbocycles. The third-order valence-electron chi connectivity index (χ3n) is 8.15. The van der Waals surface area contributed by atoms with Gasteiger partial charge in [-0.1, -0.05) is 117 Å². The summed E-state index contributed by atoms with van der Waals surface area (Å²) >= 11 is 0.